The lowest BCUT2D eigenvalue weighted by atomic mass is 10.1. The minimum Gasteiger partial charge on any atom is -0.478 e. The normalized spacial score (nSPS) is 14.2. The second-order valence-electron chi connectivity index (χ2n) is 9.48. The van der Waals surface area contributed by atoms with E-state index < -0.39 is 37.0 Å². The predicted octanol–water partition coefficient (Wildman–Crippen LogP) is 4.97. The summed E-state index contributed by atoms with van der Waals surface area (Å²) in [5.74, 6) is -2.68. The molecule has 1 aliphatic heterocycles. The van der Waals surface area contributed by atoms with Crippen LogP contribution in [0.15, 0.2) is 127 Å². The molecule has 0 aromatic heterocycles. The average molecular weight is 581 g/mol. The zero-order valence-electron chi connectivity index (χ0n) is 23.3. The zero-order valence-corrected chi connectivity index (χ0v) is 24.2. The maximum Gasteiger partial charge on any atom is 0.337 e. The van der Waals surface area contributed by atoms with Crippen LogP contribution in [0.5, 0.6) is 0 Å². The van der Waals surface area contributed by atoms with Crippen LogP contribution in [0.25, 0.3) is 0 Å². The second kappa shape index (κ2) is 12.4. The van der Waals surface area contributed by atoms with Crippen molar-refractivity contribution in [1.29, 1.82) is 0 Å². The fraction of sp³-hybridized carbons (Fsp3) is 0.147. The van der Waals surface area contributed by atoms with Crippen molar-refractivity contribution in [3.05, 3.63) is 138 Å². The number of carbonyl (C=O) groups excluding carboxylic acids is 3. The largest absolute Gasteiger partial charge is 0.478 e. The van der Waals surface area contributed by atoms with E-state index in [2.05, 4.69) is 0 Å². The first-order chi connectivity index (χ1) is 20.5. The molecule has 0 fully saturated rings. The number of esters is 1. The molecule has 1 atom stereocenters. The van der Waals surface area contributed by atoms with Crippen LogP contribution < -0.4 is 15.9 Å². The van der Waals surface area contributed by atoms with Gasteiger partial charge in [-0.2, -0.15) is 0 Å². The molecule has 0 aliphatic carbocycles. The minimum atomic E-state index is -3.23. The third-order valence-corrected chi connectivity index (χ3v) is 11.5. The number of hydrogen-bond acceptors (Lipinski definition) is 6. The molecule has 212 valence electrons. The van der Waals surface area contributed by atoms with Gasteiger partial charge in [-0.05, 0) is 62.4 Å². The van der Waals surface area contributed by atoms with Gasteiger partial charge in [0.1, 0.15) is 15.9 Å². The summed E-state index contributed by atoms with van der Waals surface area (Å²) in [6.45, 7) is 3.43. The van der Waals surface area contributed by atoms with Crippen molar-refractivity contribution in [1.82, 2.24) is 4.90 Å². The first kappa shape index (κ1) is 28.8. The highest BCUT2D eigenvalue weighted by atomic mass is 31.2. The van der Waals surface area contributed by atoms with Gasteiger partial charge in [0.2, 0.25) is 11.4 Å². The van der Waals surface area contributed by atoms with Crippen molar-refractivity contribution in [2.45, 2.75) is 19.9 Å². The SMILES string of the molecule is CCOC(=O)[C@@H](/C(=C(\O)OCC)[P+](c1ccccc1)(c1ccccc1)c1ccccc1)N1C(=O)c2ccccc2C1=O. The number of rotatable bonds is 10. The first-order valence-corrected chi connectivity index (χ1v) is 15.5. The number of imide groups is 1. The predicted molar refractivity (Wildman–Crippen MR) is 164 cm³/mol. The quantitative estimate of drug-likeness (QED) is 0.123. The number of aliphatic hydroxyl groups excluding tert-OH is 1. The van der Waals surface area contributed by atoms with E-state index >= 15 is 0 Å². The Balaban J connectivity index is 1.93. The van der Waals surface area contributed by atoms with Gasteiger partial charge in [-0.15, -0.1) is 0 Å². The van der Waals surface area contributed by atoms with Crippen LogP contribution in [0.1, 0.15) is 34.6 Å². The summed E-state index contributed by atoms with van der Waals surface area (Å²) in [6.07, 6.45) is 0. The van der Waals surface area contributed by atoms with E-state index in [1.165, 1.54) is 0 Å². The number of carbonyl (C=O) groups is 3. The lowest BCUT2D eigenvalue weighted by molar-refractivity contribution is -0.146. The monoisotopic (exact) mass is 580 g/mol. The Morgan fingerprint density at radius 1 is 0.667 bits per heavy atom. The van der Waals surface area contributed by atoms with E-state index in [0.29, 0.717) is 0 Å². The summed E-state index contributed by atoms with van der Waals surface area (Å²) in [5, 5.41) is 14.4. The molecule has 0 unspecified atom stereocenters. The van der Waals surface area contributed by atoms with Crippen LogP contribution in [0.3, 0.4) is 0 Å². The molecule has 7 nitrogen and oxygen atoms in total. The Kier molecular flexibility index (Phi) is 8.51. The van der Waals surface area contributed by atoms with Crippen LogP contribution in [0, 0.1) is 0 Å². The maximum atomic E-state index is 14.1. The molecule has 5 rings (SSSR count). The summed E-state index contributed by atoms with van der Waals surface area (Å²) in [6, 6.07) is 33.3. The zero-order chi connectivity index (χ0) is 29.7. The molecule has 0 saturated heterocycles. The van der Waals surface area contributed by atoms with E-state index in [0.717, 1.165) is 20.8 Å². The van der Waals surface area contributed by atoms with Gasteiger partial charge in [0.15, 0.2) is 7.26 Å². The van der Waals surface area contributed by atoms with Gasteiger partial charge in [-0.25, -0.2) is 4.79 Å². The molecule has 0 bridgehead atoms. The molecule has 42 heavy (non-hydrogen) atoms. The fourth-order valence-corrected chi connectivity index (χ4v) is 10.0. The minimum absolute atomic E-state index is 0.00532. The van der Waals surface area contributed by atoms with Gasteiger partial charge in [0, 0.05) is 0 Å². The molecular formula is C34H31NO6P+. The second-order valence-corrected chi connectivity index (χ2v) is 12.9. The Morgan fingerprint density at radius 2 is 1.05 bits per heavy atom. The summed E-state index contributed by atoms with van der Waals surface area (Å²) in [4.78, 5) is 42.9. The average Bonchev–Trinajstić information content (AvgIpc) is 3.28. The molecule has 1 N–H and O–H groups in total. The molecule has 1 heterocycles. The number of aliphatic hydroxyl groups is 1. The number of ether oxygens (including phenoxy) is 2. The van der Waals surface area contributed by atoms with E-state index in [4.69, 9.17) is 9.47 Å². The van der Waals surface area contributed by atoms with Crippen LogP contribution >= 0.6 is 7.26 Å². The summed E-state index contributed by atoms with van der Waals surface area (Å²) >= 11 is 0. The van der Waals surface area contributed by atoms with Gasteiger partial charge in [-0.1, -0.05) is 66.7 Å². The van der Waals surface area contributed by atoms with Crippen molar-refractivity contribution < 1.29 is 29.0 Å². The van der Waals surface area contributed by atoms with Gasteiger partial charge < -0.3 is 14.6 Å². The molecule has 2 amide bonds. The highest BCUT2D eigenvalue weighted by Gasteiger charge is 2.61. The summed E-state index contributed by atoms with van der Waals surface area (Å²) < 4.78 is 11.4. The van der Waals surface area contributed by atoms with Crippen LogP contribution in [-0.4, -0.2) is 47.0 Å². The van der Waals surface area contributed by atoms with E-state index in [1.54, 1.807) is 38.1 Å². The van der Waals surface area contributed by atoms with E-state index in [-0.39, 0.29) is 29.7 Å². The Morgan fingerprint density at radius 3 is 1.43 bits per heavy atom. The lowest BCUT2D eigenvalue weighted by Gasteiger charge is -2.34. The third kappa shape index (κ3) is 4.86. The summed E-state index contributed by atoms with van der Waals surface area (Å²) in [5.41, 5.74) is 0.352. The van der Waals surface area contributed by atoms with Gasteiger partial charge in [-0.3, -0.25) is 14.5 Å². The first-order valence-electron chi connectivity index (χ1n) is 13.7. The number of benzene rings is 4. The van der Waals surface area contributed by atoms with Crippen molar-refractivity contribution in [3.63, 3.8) is 0 Å². The van der Waals surface area contributed by atoms with Crippen molar-refractivity contribution in [2.24, 2.45) is 0 Å². The molecule has 4 aromatic rings. The molecular weight excluding hydrogens is 549 g/mol. The van der Waals surface area contributed by atoms with E-state index in [9.17, 15) is 19.5 Å². The number of amides is 2. The molecule has 0 spiro atoms. The molecule has 0 radical (unpaired) electrons. The van der Waals surface area contributed by atoms with Crippen molar-refractivity contribution in [2.75, 3.05) is 13.2 Å². The lowest BCUT2D eigenvalue weighted by Crippen LogP contribution is -2.50. The standard InChI is InChI=1S/C34H30NO6P/c1-3-40-33(38)29(35-31(36)27-22-14-15-23-28(27)32(35)37)30(34(39)41-4-2)42(24-16-8-5-9-17-24,25-18-10-6-11-19-25)26-20-12-7-13-21-26/h5-23,29H,3-4H2,1-2H3/p+1/b34-30-/t29-/m1/s1. The van der Waals surface area contributed by atoms with Crippen molar-refractivity contribution >= 4 is 41.0 Å². The van der Waals surface area contributed by atoms with E-state index in [1.807, 2.05) is 91.0 Å². The Labute approximate surface area is 245 Å². The molecule has 1 aliphatic rings. The van der Waals surface area contributed by atoms with Crippen LogP contribution in [-0.2, 0) is 14.3 Å². The maximum absolute atomic E-state index is 14.1. The number of nitrogens with zero attached hydrogens (tertiary/aromatic N) is 1. The van der Waals surface area contributed by atoms with Gasteiger partial charge >= 0.3 is 11.9 Å². The topological polar surface area (TPSA) is 93.1 Å². The molecule has 8 heteroatoms. The number of fused-ring (bicyclic) bond motifs is 1. The highest BCUT2D eigenvalue weighted by Crippen LogP contribution is 2.65. The summed E-state index contributed by atoms with van der Waals surface area (Å²) in [7, 11) is -3.23. The smallest absolute Gasteiger partial charge is 0.337 e. The Hall–Kier alpha value is -4.74. The fourth-order valence-electron chi connectivity index (χ4n) is 5.48. The van der Waals surface area contributed by atoms with Crippen LogP contribution in [0.4, 0.5) is 0 Å². The number of hydrogen-bond donors (Lipinski definition) is 1. The molecule has 0 saturated carbocycles. The van der Waals surface area contributed by atoms with Crippen LogP contribution in [0.2, 0.25) is 0 Å². The Bertz CT molecular complexity index is 1490. The van der Waals surface area contributed by atoms with Gasteiger partial charge in [0.05, 0.1) is 24.3 Å². The third-order valence-electron chi connectivity index (χ3n) is 7.14. The van der Waals surface area contributed by atoms with Gasteiger partial charge in [0.25, 0.3) is 11.8 Å². The highest BCUT2D eigenvalue weighted by molar-refractivity contribution is 7.99. The molecule has 4 aromatic carbocycles. The van der Waals surface area contributed by atoms with Crippen molar-refractivity contribution in [3.8, 4) is 0 Å².